The predicted octanol–water partition coefficient (Wildman–Crippen LogP) is 1.80. The highest BCUT2D eigenvalue weighted by Gasteiger charge is 2.11. The van der Waals surface area contributed by atoms with Gasteiger partial charge in [0.15, 0.2) is 11.6 Å². The Balaban J connectivity index is 2.84. The lowest BCUT2D eigenvalue weighted by Crippen LogP contribution is -2.28. The van der Waals surface area contributed by atoms with E-state index < -0.39 is 11.9 Å². The van der Waals surface area contributed by atoms with Crippen LogP contribution in [0.15, 0.2) is 16.7 Å². The van der Waals surface area contributed by atoms with Crippen LogP contribution in [0.1, 0.15) is 6.92 Å². The minimum atomic E-state index is -0.509. The second kappa shape index (κ2) is 4.70. The maximum atomic E-state index is 13.3. The zero-order valence-electron chi connectivity index (χ0n) is 8.04. The largest absolute Gasteiger partial charge is 0.392 e. The van der Waals surface area contributed by atoms with Gasteiger partial charge in [0.25, 0.3) is 0 Å². The standard InChI is InChI=1S/C9H12BrFN2O/c1-6(14)5-13(2)9-8(11)3-7(10)4-12-9/h3-4,6,14H,5H2,1-2H3. The molecule has 5 heteroatoms. The van der Waals surface area contributed by atoms with Crippen LogP contribution in [0.25, 0.3) is 0 Å². The Morgan fingerprint density at radius 3 is 2.86 bits per heavy atom. The highest BCUT2D eigenvalue weighted by molar-refractivity contribution is 9.10. The number of hydrogen-bond acceptors (Lipinski definition) is 3. The molecule has 1 rings (SSSR count). The van der Waals surface area contributed by atoms with Crippen LogP contribution in [0.2, 0.25) is 0 Å². The summed E-state index contributed by atoms with van der Waals surface area (Å²) in [4.78, 5) is 5.50. The zero-order valence-corrected chi connectivity index (χ0v) is 9.62. The summed E-state index contributed by atoms with van der Waals surface area (Å²) in [6.07, 6.45) is 1.02. The number of halogens is 2. The lowest BCUT2D eigenvalue weighted by Gasteiger charge is -2.19. The Labute approximate surface area is 90.7 Å². The summed E-state index contributed by atoms with van der Waals surface area (Å²) in [5.74, 6) is -0.156. The molecule has 14 heavy (non-hydrogen) atoms. The number of aliphatic hydroxyl groups excluding tert-OH is 1. The van der Waals surface area contributed by atoms with Gasteiger partial charge in [-0.3, -0.25) is 0 Å². The van der Waals surface area contributed by atoms with E-state index in [1.807, 2.05) is 0 Å². The Bertz CT molecular complexity index is 320. The molecule has 0 saturated carbocycles. The molecular formula is C9H12BrFN2O. The molecule has 0 aliphatic carbocycles. The molecule has 1 atom stereocenters. The summed E-state index contributed by atoms with van der Waals surface area (Å²) in [6, 6.07) is 1.35. The first-order chi connectivity index (χ1) is 6.50. The molecule has 0 aliphatic rings. The van der Waals surface area contributed by atoms with Gasteiger partial charge < -0.3 is 10.0 Å². The van der Waals surface area contributed by atoms with Crippen molar-refractivity contribution in [1.29, 1.82) is 0 Å². The fourth-order valence-electron chi connectivity index (χ4n) is 1.17. The first-order valence-corrected chi connectivity index (χ1v) is 5.00. The number of rotatable bonds is 3. The summed E-state index contributed by atoms with van der Waals surface area (Å²) in [6.45, 7) is 2.00. The minimum absolute atomic E-state index is 0.245. The van der Waals surface area contributed by atoms with Crippen molar-refractivity contribution >= 4 is 21.7 Å². The summed E-state index contributed by atoms with van der Waals surface area (Å²) in [7, 11) is 1.69. The van der Waals surface area contributed by atoms with Crippen molar-refractivity contribution in [1.82, 2.24) is 4.98 Å². The van der Waals surface area contributed by atoms with Crippen LogP contribution in [-0.2, 0) is 0 Å². The van der Waals surface area contributed by atoms with E-state index in [2.05, 4.69) is 20.9 Å². The number of nitrogens with zero attached hydrogens (tertiary/aromatic N) is 2. The minimum Gasteiger partial charge on any atom is -0.392 e. The molecule has 0 fully saturated rings. The molecule has 0 saturated heterocycles. The predicted molar refractivity (Wildman–Crippen MR) is 56.8 cm³/mol. The van der Waals surface area contributed by atoms with Crippen LogP contribution in [0.5, 0.6) is 0 Å². The summed E-state index contributed by atoms with van der Waals surface area (Å²) in [5, 5.41) is 9.13. The maximum Gasteiger partial charge on any atom is 0.166 e. The van der Waals surface area contributed by atoms with Gasteiger partial charge in [0.1, 0.15) is 0 Å². The third-order valence-electron chi connectivity index (χ3n) is 1.69. The van der Waals surface area contributed by atoms with Gasteiger partial charge in [-0.2, -0.15) is 0 Å². The number of likely N-dealkylation sites (N-methyl/N-ethyl adjacent to an activating group) is 1. The van der Waals surface area contributed by atoms with Gasteiger partial charge in [-0.25, -0.2) is 9.37 Å². The van der Waals surface area contributed by atoms with E-state index in [0.29, 0.717) is 11.0 Å². The topological polar surface area (TPSA) is 36.4 Å². The molecule has 3 nitrogen and oxygen atoms in total. The van der Waals surface area contributed by atoms with Gasteiger partial charge in [-0.05, 0) is 28.9 Å². The first kappa shape index (κ1) is 11.4. The van der Waals surface area contributed by atoms with Crippen LogP contribution in [0.3, 0.4) is 0 Å². The number of pyridine rings is 1. The van der Waals surface area contributed by atoms with E-state index in [4.69, 9.17) is 5.11 Å². The van der Waals surface area contributed by atoms with Crippen LogP contribution in [0.4, 0.5) is 10.2 Å². The number of aromatic nitrogens is 1. The van der Waals surface area contributed by atoms with Gasteiger partial charge in [0.05, 0.1) is 6.10 Å². The molecule has 0 amide bonds. The maximum absolute atomic E-state index is 13.3. The van der Waals surface area contributed by atoms with E-state index in [-0.39, 0.29) is 5.82 Å². The summed E-state index contributed by atoms with van der Waals surface area (Å²) >= 11 is 3.13. The monoisotopic (exact) mass is 262 g/mol. The highest BCUT2D eigenvalue weighted by Crippen LogP contribution is 2.18. The lowest BCUT2D eigenvalue weighted by molar-refractivity contribution is 0.201. The normalized spacial score (nSPS) is 12.6. The Morgan fingerprint density at radius 1 is 1.71 bits per heavy atom. The van der Waals surface area contributed by atoms with Gasteiger partial charge in [-0.1, -0.05) is 0 Å². The van der Waals surface area contributed by atoms with Crippen LogP contribution in [0, 0.1) is 5.82 Å². The molecule has 0 aromatic carbocycles. The van der Waals surface area contributed by atoms with Crippen LogP contribution >= 0.6 is 15.9 Å². The van der Waals surface area contributed by atoms with Crippen LogP contribution < -0.4 is 4.90 Å². The molecule has 0 aliphatic heterocycles. The smallest absolute Gasteiger partial charge is 0.166 e. The van der Waals surface area contributed by atoms with Gasteiger partial charge in [-0.15, -0.1) is 0 Å². The SMILES string of the molecule is CC(O)CN(C)c1ncc(Br)cc1F. The fraction of sp³-hybridized carbons (Fsp3) is 0.444. The quantitative estimate of drug-likeness (QED) is 0.903. The molecule has 78 valence electrons. The summed E-state index contributed by atoms with van der Waals surface area (Å²) < 4.78 is 13.9. The van der Waals surface area contributed by atoms with Gasteiger partial charge in [0.2, 0.25) is 0 Å². The fourth-order valence-corrected chi connectivity index (χ4v) is 1.47. The van der Waals surface area contributed by atoms with E-state index in [1.165, 1.54) is 12.3 Å². The first-order valence-electron chi connectivity index (χ1n) is 4.21. The van der Waals surface area contributed by atoms with Crippen molar-refractivity contribution < 1.29 is 9.50 Å². The molecule has 1 N–H and O–H groups in total. The number of anilines is 1. The molecule has 1 unspecified atom stereocenters. The molecule has 1 heterocycles. The molecule has 0 radical (unpaired) electrons. The Kier molecular flexibility index (Phi) is 3.83. The van der Waals surface area contributed by atoms with E-state index >= 15 is 0 Å². The second-order valence-corrected chi connectivity index (χ2v) is 4.10. The number of hydrogen-bond donors (Lipinski definition) is 1. The van der Waals surface area contributed by atoms with Crippen molar-refractivity contribution in [3.8, 4) is 0 Å². The van der Waals surface area contributed by atoms with E-state index in [0.717, 1.165) is 0 Å². The van der Waals surface area contributed by atoms with Crippen molar-refractivity contribution in [3.05, 3.63) is 22.6 Å². The summed E-state index contributed by atoms with van der Waals surface area (Å²) in [5.41, 5.74) is 0. The van der Waals surface area contributed by atoms with E-state index in [1.54, 1.807) is 18.9 Å². The lowest BCUT2D eigenvalue weighted by atomic mass is 10.3. The van der Waals surface area contributed by atoms with Crippen molar-refractivity contribution in [2.24, 2.45) is 0 Å². The second-order valence-electron chi connectivity index (χ2n) is 3.19. The molecule has 0 bridgehead atoms. The third-order valence-corrected chi connectivity index (χ3v) is 2.12. The van der Waals surface area contributed by atoms with Gasteiger partial charge >= 0.3 is 0 Å². The molecule has 1 aromatic heterocycles. The molecule has 0 spiro atoms. The third kappa shape index (κ3) is 2.92. The van der Waals surface area contributed by atoms with Crippen molar-refractivity contribution in [2.45, 2.75) is 13.0 Å². The van der Waals surface area contributed by atoms with Crippen molar-refractivity contribution in [2.75, 3.05) is 18.5 Å². The Morgan fingerprint density at radius 2 is 2.36 bits per heavy atom. The van der Waals surface area contributed by atoms with Crippen LogP contribution in [-0.4, -0.2) is 29.8 Å². The van der Waals surface area contributed by atoms with Gasteiger partial charge in [0, 0.05) is 24.3 Å². The average Bonchev–Trinajstić information content (AvgIpc) is 2.01. The van der Waals surface area contributed by atoms with Crippen molar-refractivity contribution in [3.63, 3.8) is 0 Å². The number of aliphatic hydroxyl groups is 1. The highest BCUT2D eigenvalue weighted by atomic mass is 79.9. The zero-order chi connectivity index (χ0) is 10.7. The van der Waals surface area contributed by atoms with E-state index in [9.17, 15) is 4.39 Å². The molecule has 1 aromatic rings. The molecular weight excluding hydrogens is 251 g/mol. The average molecular weight is 263 g/mol. The Hall–Kier alpha value is -0.680.